The van der Waals surface area contributed by atoms with Crippen molar-refractivity contribution in [1.29, 1.82) is 0 Å². The van der Waals surface area contributed by atoms with Crippen molar-refractivity contribution in [1.82, 2.24) is 5.32 Å². The molecule has 2 rings (SSSR count). The number of allylic oxidation sites excluding steroid dienone is 1. The second kappa shape index (κ2) is 6.40. The zero-order chi connectivity index (χ0) is 13.0. The van der Waals surface area contributed by atoms with E-state index in [0.717, 1.165) is 18.8 Å². The molecule has 102 valence electrons. The molecule has 1 amide bonds. The fourth-order valence-electron chi connectivity index (χ4n) is 3.31. The third-order valence-electron chi connectivity index (χ3n) is 4.83. The van der Waals surface area contributed by atoms with Gasteiger partial charge in [-0.05, 0) is 43.9 Å². The Labute approximate surface area is 111 Å². The van der Waals surface area contributed by atoms with E-state index in [1.54, 1.807) is 0 Å². The van der Waals surface area contributed by atoms with Gasteiger partial charge in [0.25, 0.3) is 0 Å². The maximum atomic E-state index is 12.1. The van der Waals surface area contributed by atoms with Gasteiger partial charge in [-0.1, -0.05) is 38.3 Å². The number of amides is 1. The molecule has 1 saturated carbocycles. The highest BCUT2D eigenvalue weighted by atomic mass is 16.1. The quantitative estimate of drug-likeness (QED) is 0.757. The summed E-state index contributed by atoms with van der Waals surface area (Å²) in [6, 6.07) is 0.408. The van der Waals surface area contributed by atoms with E-state index in [0.29, 0.717) is 18.4 Å². The molecule has 18 heavy (non-hydrogen) atoms. The van der Waals surface area contributed by atoms with Crippen LogP contribution in [0.1, 0.15) is 65.2 Å². The van der Waals surface area contributed by atoms with Crippen LogP contribution in [0.2, 0.25) is 0 Å². The number of hydrogen-bond acceptors (Lipinski definition) is 1. The molecule has 2 aliphatic rings. The number of carbonyl (C=O) groups excluding carboxylic acids is 1. The Kier molecular flexibility index (Phi) is 4.85. The van der Waals surface area contributed by atoms with Crippen molar-refractivity contribution in [2.45, 2.75) is 71.3 Å². The first-order valence-corrected chi connectivity index (χ1v) is 7.64. The van der Waals surface area contributed by atoms with Crippen molar-refractivity contribution in [3.63, 3.8) is 0 Å². The van der Waals surface area contributed by atoms with E-state index in [1.165, 1.54) is 37.7 Å². The van der Waals surface area contributed by atoms with Crippen LogP contribution in [0.5, 0.6) is 0 Å². The van der Waals surface area contributed by atoms with E-state index in [2.05, 4.69) is 25.2 Å². The van der Waals surface area contributed by atoms with E-state index < -0.39 is 0 Å². The lowest BCUT2D eigenvalue weighted by molar-refractivity contribution is -0.121. The minimum Gasteiger partial charge on any atom is -0.353 e. The summed E-state index contributed by atoms with van der Waals surface area (Å²) in [7, 11) is 0. The lowest BCUT2D eigenvalue weighted by Gasteiger charge is -2.34. The van der Waals surface area contributed by atoms with Gasteiger partial charge in [-0.25, -0.2) is 0 Å². The first-order valence-electron chi connectivity index (χ1n) is 7.64. The molecule has 0 aromatic rings. The van der Waals surface area contributed by atoms with Crippen molar-refractivity contribution in [3.05, 3.63) is 11.6 Å². The highest BCUT2D eigenvalue weighted by Gasteiger charge is 2.28. The molecule has 3 atom stereocenters. The van der Waals surface area contributed by atoms with Crippen LogP contribution >= 0.6 is 0 Å². The minimum absolute atomic E-state index is 0.245. The molecule has 0 aromatic carbocycles. The SMILES string of the molecule is C[C@@H]1[C@H](C)CCC[C@H]1NC(=O)CC1=CCCCC1. The van der Waals surface area contributed by atoms with Crippen molar-refractivity contribution in [2.75, 3.05) is 0 Å². The summed E-state index contributed by atoms with van der Waals surface area (Å²) in [5.41, 5.74) is 1.36. The summed E-state index contributed by atoms with van der Waals surface area (Å²) >= 11 is 0. The van der Waals surface area contributed by atoms with E-state index in [1.807, 2.05) is 0 Å². The summed E-state index contributed by atoms with van der Waals surface area (Å²) < 4.78 is 0. The average Bonchev–Trinajstić information content (AvgIpc) is 2.36. The number of hydrogen-bond donors (Lipinski definition) is 1. The molecule has 0 unspecified atom stereocenters. The van der Waals surface area contributed by atoms with Crippen molar-refractivity contribution >= 4 is 5.91 Å². The smallest absolute Gasteiger partial charge is 0.224 e. The fourth-order valence-corrected chi connectivity index (χ4v) is 3.31. The topological polar surface area (TPSA) is 29.1 Å². The summed E-state index contributed by atoms with van der Waals surface area (Å²) in [6.07, 6.45) is 11.5. The summed E-state index contributed by atoms with van der Waals surface area (Å²) in [5.74, 6) is 1.62. The number of nitrogens with one attached hydrogen (secondary N) is 1. The Morgan fingerprint density at radius 3 is 2.83 bits per heavy atom. The first-order chi connectivity index (χ1) is 8.66. The molecule has 0 spiro atoms. The minimum atomic E-state index is 0.245. The molecular weight excluding hydrogens is 222 g/mol. The van der Waals surface area contributed by atoms with Crippen LogP contribution in [-0.4, -0.2) is 11.9 Å². The highest BCUT2D eigenvalue weighted by Crippen LogP contribution is 2.29. The van der Waals surface area contributed by atoms with Crippen molar-refractivity contribution in [2.24, 2.45) is 11.8 Å². The van der Waals surface area contributed by atoms with Gasteiger partial charge in [0.15, 0.2) is 0 Å². The van der Waals surface area contributed by atoms with E-state index >= 15 is 0 Å². The maximum Gasteiger partial charge on any atom is 0.224 e. The molecule has 0 aromatic heterocycles. The summed E-state index contributed by atoms with van der Waals surface area (Å²) in [5, 5.41) is 3.27. The molecule has 1 N–H and O–H groups in total. The molecule has 0 heterocycles. The van der Waals surface area contributed by atoms with Gasteiger partial charge in [-0.2, -0.15) is 0 Å². The third kappa shape index (κ3) is 3.60. The molecule has 1 fully saturated rings. The second-order valence-corrected chi connectivity index (χ2v) is 6.23. The van der Waals surface area contributed by atoms with Gasteiger partial charge in [0.1, 0.15) is 0 Å². The Morgan fingerprint density at radius 1 is 1.28 bits per heavy atom. The monoisotopic (exact) mass is 249 g/mol. The van der Waals surface area contributed by atoms with Gasteiger partial charge in [-0.3, -0.25) is 4.79 Å². The normalized spacial score (nSPS) is 32.8. The molecule has 0 saturated heterocycles. The molecular formula is C16H27NO. The van der Waals surface area contributed by atoms with Gasteiger partial charge >= 0.3 is 0 Å². The van der Waals surface area contributed by atoms with Crippen LogP contribution in [0.4, 0.5) is 0 Å². The number of carbonyl (C=O) groups is 1. The van der Waals surface area contributed by atoms with Crippen LogP contribution in [0.25, 0.3) is 0 Å². The van der Waals surface area contributed by atoms with Gasteiger partial charge in [0.05, 0.1) is 0 Å². The molecule has 2 aliphatic carbocycles. The zero-order valence-electron chi connectivity index (χ0n) is 11.9. The maximum absolute atomic E-state index is 12.1. The van der Waals surface area contributed by atoms with Crippen LogP contribution in [0.15, 0.2) is 11.6 Å². The molecule has 2 heteroatoms. The highest BCUT2D eigenvalue weighted by molar-refractivity contribution is 5.78. The van der Waals surface area contributed by atoms with E-state index in [-0.39, 0.29) is 5.91 Å². The lowest BCUT2D eigenvalue weighted by Crippen LogP contribution is -2.43. The number of rotatable bonds is 3. The zero-order valence-corrected chi connectivity index (χ0v) is 11.9. The second-order valence-electron chi connectivity index (χ2n) is 6.23. The van der Waals surface area contributed by atoms with Gasteiger partial charge in [-0.15, -0.1) is 0 Å². The Balaban J connectivity index is 1.81. The van der Waals surface area contributed by atoms with E-state index in [4.69, 9.17) is 0 Å². The molecule has 0 radical (unpaired) electrons. The van der Waals surface area contributed by atoms with E-state index in [9.17, 15) is 4.79 Å². The summed E-state index contributed by atoms with van der Waals surface area (Å²) in [4.78, 5) is 12.1. The summed E-state index contributed by atoms with van der Waals surface area (Å²) in [6.45, 7) is 4.60. The van der Waals surface area contributed by atoms with Crippen LogP contribution < -0.4 is 5.32 Å². The van der Waals surface area contributed by atoms with Gasteiger partial charge in [0, 0.05) is 12.5 Å². The van der Waals surface area contributed by atoms with Gasteiger partial charge < -0.3 is 5.32 Å². The predicted molar refractivity (Wildman–Crippen MR) is 75.3 cm³/mol. The van der Waals surface area contributed by atoms with Crippen molar-refractivity contribution < 1.29 is 4.79 Å². The van der Waals surface area contributed by atoms with Crippen LogP contribution in [0.3, 0.4) is 0 Å². The first kappa shape index (κ1) is 13.6. The van der Waals surface area contributed by atoms with Crippen LogP contribution in [0, 0.1) is 11.8 Å². The van der Waals surface area contributed by atoms with Crippen molar-refractivity contribution in [3.8, 4) is 0 Å². The largest absolute Gasteiger partial charge is 0.353 e. The fraction of sp³-hybridized carbons (Fsp3) is 0.812. The Morgan fingerprint density at radius 2 is 2.11 bits per heavy atom. The third-order valence-corrected chi connectivity index (χ3v) is 4.83. The molecule has 0 aliphatic heterocycles. The molecule has 0 bridgehead atoms. The lowest BCUT2D eigenvalue weighted by atomic mass is 9.78. The Hall–Kier alpha value is -0.790. The van der Waals surface area contributed by atoms with Crippen LogP contribution in [-0.2, 0) is 4.79 Å². The molecule has 2 nitrogen and oxygen atoms in total. The standard InChI is InChI=1S/C16H27NO/c1-12-7-6-10-15(13(12)2)17-16(18)11-14-8-4-3-5-9-14/h8,12-13,15H,3-7,9-11H2,1-2H3,(H,17,18)/t12-,13-,15-/m1/s1. The Bertz CT molecular complexity index is 321. The van der Waals surface area contributed by atoms with Gasteiger partial charge in [0.2, 0.25) is 5.91 Å². The predicted octanol–water partition coefficient (Wildman–Crippen LogP) is 3.82. The average molecular weight is 249 g/mol.